The Morgan fingerprint density at radius 3 is 2.34 bits per heavy atom. The molecular formula is C25H32N2O2. The highest BCUT2D eigenvalue weighted by Gasteiger charge is 2.46. The van der Waals surface area contributed by atoms with E-state index in [9.17, 15) is 9.90 Å². The number of nitrogens with zero attached hydrogens (tertiary/aromatic N) is 1. The fourth-order valence-corrected chi connectivity index (χ4v) is 4.96. The number of hydrogen-bond acceptors (Lipinski definition) is 3. The van der Waals surface area contributed by atoms with Crippen molar-refractivity contribution >= 4 is 5.91 Å². The summed E-state index contributed by atoms with van der Waals surface area (Å²) in [5, 5.41) is 14.6. The van der Waals surface area contributed by atoms with Crippen LogP contribution in [0.1, 0.15) is 56.2 Å². The molecule has 1 saturated heterocycles. The van der Waals surface area contributed by atoms with Gasteiger partial charge in [0, 0.05) is 19.0 Å². The van der Waals surface area contributed by atoms with Gasteiger partial charge in [-0.3, -0.25) is 9.69 Å². The van der Waals surface area contributed by atoms with Gasteiger partial charge >= 0.3 is 0 Å². The topological polar surface area (TPSA) is 52.6 Å². The minimum Gasteiger partial charge on any atom is -0.388 e. The van der Waals surface area contributed by atoms with Crippen molar-refractivity contribution in [3.63, 3.8) is 0 Å². The Hall–Kier alpha value is -2.17. The first-order chi connectivity index (χ1) is 14.0. The maximum Gasteiger partial charge on any atom is 0.223 e. The lowest BCUT2D eigenvalue weighted by molar-refractivity contribution is -0.132. The molecule has 2 aromatic rings. The Bertz CT molecular complexity index is 800. The number of carbonyl (C=O) groups is 1. The fourth-order valence-electron chi connectivity index (χ4n) is 4.96. The number of nitrogens with one attached hydrogen (secondary N) is 1. The molecule has 2 aromatic carbocycles. The van der Waals surface area contributed by atoms with Gasteiger partial charge in [0.15, 0.2) is 0 Å². The highest BCUT2D eigenvalue weighted by Crippen LogP contribution is 2.38. The van der Waals surface area contributed by atoms with Gasteiger partial charge in [-0.25, -0.2) is 0 Å². The van der Waals surface area contributed by atoms with Gasteiger partial charge in [0.1, 0.15) is 0 Å². The number of rotatable bonds is 5. The molecule has 2 N–H and O–H groups in total. The molecule has 154 valence electrons. The van der Waals surface area contributed by atoms with Crippen molar-refractivity contribution in [2.24, 2.45) is 5.92 Å². The van der Waals surface area contributed by atoms with Gasteiger partial charge in [0.2, 0.25) is 5.91 Å². The molecule has 2 aliphatic rings. The molecule has 1 saturated carbocycles. The highest BCUT2D eigenvalue weighted by molar-refractivity contribution is 5.79. The van der Waals surface area contributed by atoms with Crippen molar-refractivity contribution in [2.75, 3.05) is 6.54 Å². The van der Waals surface area contributed by atoms with Crippen LogP contribution in [0, 0.1) is 5.92 Å². The molecule has 1 aliphatic carbocycles. The molecule has 4 nitrogen and oxygen atoms in total. The lowest BCUT2D eigenvalue weighted by atomic mass is 9.79. The van der Waals surface area contributed by atoms with E-state index in [4.69, 9.17) is 0 Å². The third kappa shape index (κ3) is 4.54. The molecular weight excluding hydrogens is 360 g/mol. The summed E-state index contributed by atoms with van der Waals surface area (Å²) in [6, 6.07) is 20.3. The zero-order valence-electron chi connectivity index (χ0n) is 17.3. The number of amides is 1. The van der Waals surface area contributed by atoms with E-state index in [2.05, 4.69) is 46.6 Å². The van der Waals surface area contributed by atoms with E-state index in [0.717, 1.165) is 44.3 Å². The number of hydrogen-bond donors (Lipinski definition) is 2. The summed E-state index contributed by atoms with van der Waals surface area (Å²) >= 11 is 0. The molecule has 0 aromatic heterocycles. The van der Waals surface area contributed by atoms with Crippen LogP contribution >= 0.6 is 0 Å². The van der Waals surface area contributed by atoms with E-state index in [0.29, 0.717) is 6.42 Å². The average molecular weight is 393 g/mol. The van der Waals surface area contributed by atoms with Gasteiger partial charge < -0.3 is 10.4 Å². The Morgan fingerprint density at radius 2 is 1.69 bits per heavy atom. The molecule has 0 bridgehead atoms. The molecule has 2 fully saturated rings. The van der Waals surface area contributed by atoms with E-state index in [1.54, 1.807) is 0 Å². The largest absolute Gasteiger partial charge is 0.388 e. The zero-order valence-corrected chi connectivity index (χ0v) is 17.3. The summed E-state index contributed by atoms with van der Waals surface area (Å²) in [5.41, 5.74) is 1.44. The SMILES string of the molecule is C[C@@]1(O)CCN(Cc2ccccc2)[C@@H](c2ccccc2)[C@@H]1NC(=O)C1CCCC1. The first-order valence-electron chi connectivity index (χ1n) is 10.9. The van der Waals surface area contributed by atoms with Crippen molar-refractivity contribution in [2.45, 2.75) is 63.3 Å². The predicted octanol–water partition coefficient (Wildman–Crippen LogP) is 4.06. The standard InChI is InChI=1S/C25H32N2O2/c1-25(29)16-17-27(18-19-10-4-2-5-11-19)22(20-12-6-3-7-13-20)23(25)26-24(28)21-14-8-9-15-21/h2-7,10-13,21-23,29H,8-9,14-18H2,1H3,(H,26,28)/t22-,23-,25+/m0/s1. The highest BCUT2D eigenvalue weighted by atomic mass is 16.3. The lowest BCUT2D eigenvalue weighted by Crippen LogP contribution is -2.62. The molecule has 0 spiro atoms. The average Bonchev–Trinajstić information content (AvgIpc) is 3.27. The van der Waals surface area contributed by atoms with Gasteiger partial charge in [-0.2, -0.15) is 0 Å². The summed E-state index contributed by atoms with van der Waals surface area (Å²) in [5.74, 6) is 0.196. The zero-order chi connectivity index (χ0) is 20.3. The quantitative estimate of drug-likeness (QED) is 0.807. The smallest absolute Gasteiger partial charge is 0.223 e. The molecule has 29 heavy (non-hydrogen) atoms. The first kappa shape index (κ1) is 20.1. The van der Waals surface area contributed by atoms with Crippen molar-refractivity contribution in [1.82, 2.24) is 10.2 Å². The van der Waals surface area contributed by atoms with Crippen molar-refractivity contribution in [3.8, 4) is 0 Å². The molecule has 0 radical (unpaired) electrons. The van der Waals surface area contributed by atoms with Crippen LogP contribution in [0.15, 0.2) is 60.7 Å². The predicted molar refractivity (Wildman–Crippen MR) is 115 cm³/mol. The van der Waals surface area contributed by atoms with Crippen LogP contribution in [0.5, 0.6) is 0 Å². The Balaban J connectivity index is 1.64. The number of piperidine rings is 1. The molecule has 1 amide bonds. The van der Waals surface area contributed by atoms with Gasteiger partial charge in [-0.1, -0.05) is 73.5 Å². The summed E-state index contributed by atoms with van der Waals surface area (Å²) in [7, 11) is 0. The van der Waals surface area contributed by atoms with Crippen molar-refractivity contribution in [3.05, 3.63) is 71.8 Å². The monoisotopic (exact) mass is 392 g/mol. The van der Waals surface area contributed by atoms with Crippen LogP contribution in [0.2, 0.25) is 0 Å². The lowest BCUT2D eigenvalue weighted by Gasteiger charge is -2.49. The normalized spacial score (nSPS) is 28.3. The fraction of sp³-hybridized carbons (Fsp3) is 0.480. The van der Waals surface area contributed by atoms with Crippen molar-refractivity contribution in [1.29, 1.82) is 0 Å². The molecule has 0 unspecified atom stereocenters. The second-order valence-electron chi connectivity index (χ2n) is 8.89. The van der Waals surface area contributed by atoms with E-state index in [-0.39, 0.29) is 23.9 Å². The molecule has 1 aliphatic heterocycles. The Kier molecular flexibility index (Phi) is 6.02. The van der Waals surface area contributed by atoms with Crippen LogP contribution in [-0.2, 0) is 11.3 Å². The van der Waals surface area contributed by atoms with E-state index < -0.39 is 5.60 Å². The summed E-state index contributed by atoms with van der Waals surface area (Å²) in [4.78, 5) is 15.4. The molecule has 4 rings (SSSR count). The van der Waals surface area contributed by atoms with E-state index >= 15 is 0 Å². The Labute approximate surface area is 173 Å². The maximum atomic E-state index is 13.0. The molecule has 4 heteroatoms. The summed E-state index contributed by atoms with van der Waals surface area (Å²) in [6.07, 6.45) is 4.82. The van der Waals surface area contributed by atoms with Gasteiger partial charge in [-0.15, -0.1) is 0 Å². The molecule has 1 heterocycles. The first-order valence-corrected chi connectivity index (χ1v) is 10.9. The third-order valence-corrected chi connectivity index (χ3v) is 6.68. The molecule has 3 atom stereocenters. The number of likely N-dealkylation sites (tertiary alicyclic amines) is 1. The van der Waals surface area contributed by atoms with E-state index in [1.165, 1.54) is 5.56 Å². The van der Waals surface area contributed by atoms with Gasteiger partial charge in [0.25, 0.3) is 0 Å². The second-order valence-corrected chi connectivity index (χ2v) is 8.89. The van der Waals surface area contributed by atoms with Crippen molar-refractivity contribution < 1.29 is 9.90 Å². The van der Waals surface area contributed by atoms with Crippen LogP contribution < -0.4 is 5.32 Å². The van der Waals surface area contributed by atoms with Crippen LogP contribution in [0.25, 0.3) is 0 Å². The van der Waals surface area contributed by atoms with Gasteiger partial charge in [-0.05, 0) is 37.3 Å². The number of aliphatic hydroxyl groups is 1. The van der Waals surface area contributed by atoms with Crippen LogP contribution in [-0.4, -0.2) is 34.1 Å². The minimum absolute atomic E-state index is 0.0643. The van der Waals surface area contributed by atoms with Crippen LogP contribution in [0.3, 0.4) is 0 Å². The third-order valence-electron chi connectivity index (χ3n) is 6.68. The summed E-state index contributed by atoms with van der Waals surface area (Å²) < 4.78 is 0. The van der Waals surface area contributed by atoms with E-state index in [1.807, 2.05) is 31.2 Å². The van der Waals surface area contributed by atoms with Gasteiger partial charge in [0.05, 0.1) is 17.7 Å². The van der Waals surface area contributed by atoms with Crippen LogP contribution in [0.4, 0.5) is 0 Å². The minimum atomic E-state index is -0.942. The second kappa shape index (κ2) is 8.68. The number of carbonyl (C=O) groups excluding carboxylic acids is 1. The summed E-state index contributed by atoms with van der Waals surface area (Å²) in [6.45, 7) is 3.46. The Morgan fingerprint density at radius 1 is 1.07 bits per heavy atom. The maximum absolute atomic E-state index is 13.0. The number of benzene rings is 2.